The van der Waals surface area contributed by atoms with Crippen molar-refractivity contribution in [2.24, 2.45) is 0 Å². The van der Waals surface area contributed by atoms with E-state index in [4.69, 9.17) is 0 Å². The Kier molecular flexibility index (Phi) is 4.28. The van der Waals surface area contributed by atoms with Crippen LogP contribution in [-0.4, -0.2) is 27.9 Å². The second-order valence-electron chi connectivity index (χ2n) is 4.41. The number of hydrogen-bond acceptors (Lipinski definition) is 5. The molecule has 2 N–H and O–H groups in total. The van der Waals surface area contributed by atoms with E-state index in [-0.39, 0.29) is 5.75 Å². The van der Waals surface area contributed by atoms with Crippen LogP contribution in [0.4, 0.5) is 0 Å². The highest BCUT2D eigenvalue weighted by Gasteiger charge is 2.07. The summed E-state index contributed by atoms with van der Waals surface area (Å²) in [5.41, 5.74) is 0.913. The van der Waals surface area contributed by atoms with E-state index in [2.05, 4.69) is 29.4 Å². The molecule has 2 rings (SSSR count). The van der Waals surface area contributed by atoms with Crippen LogP contribution in [0.2, 0.25) is 0 Å². The number of rotatable bonds is 5. The van der Waals surface area contributed by atoms with Crippen molar-refractivity contribution in [3.05, 3.63) is 29.3 Å². The molecule has 18 heavy (non-hydrogen) atoms. The molecule has 0 aliphatic carbocycles. The van der Waals surface area contributed by atoms with Gasteiger partial charge in [-0.05, 0) is 12.1 Å². The number of aromatic hydroxyl groups is 1. The largest absolute Gasteiger partial charge is 0.508 e. The van der Waals surface area contributed by atoms with Crippen molar-refractivity contribution >= 4 is 11.3 Å². The second kappa shape index (κ2) is 5.93. The molecular weight excluding hydrogens is 246 g/mol. The van der Waals surface area contributed by atoms with Gasteiger partial charge in [0.2, 0.25) is 0 Å². The molecule has 96 valence electrons. The lowest BCUT2D eigenvalue weighted by atomic mass is 10.2. The summed E-state index contributed by atoms with van der Waals surface area (Å²) in [4.78, 5) is 0. The molecule has 0 atom stereocenters. The van der Waals surface area contributed by atoms with E-state index < -0.39 is 0 Å². The van der Waals surface area contributed by atoms with Gasteiger partial charge in [0, 0.05) is 24.6 Å². The standard InChI is InChI=1S/C13H17N3OS/c1-9(2)14-7-6-12-15-16-13(18-12)10-4-3-5-11(17)8-10/h3-5,8-9,14,17H,6-7H2,1-2H3. The highest BCUT2D eigenvalue weighted by molar-refractivity contribution is 7.14. The highest BCUT2D eigenvalue weighted by Crippen LogP contribution is 2.26. The Morgan fingerprint density at radius 3 is 2.89 bits per heavy atom. The van der Waals surface area contributed by atoms with Crippen LogP contribution in [0.15, 0.2) is 24.3 Å². The van der Waals surface area contributed by atoms with Gasteiger partial charge in [-0.25, -0.2) is 0 Å². The second-order valence-corrected chi connectivity index (χ2v) is 5.47. The van der Waals surface area contributed by atoms with Crippen molar-refractivity contribution in [2.45, 2.75) is 26.3 Å². The van der Waals surface area contributed by atoms with Crippen LogP contribution in [-0.2, 0) is 6.42 Å². The maximum absolute atomic E-state index is 9.43. The first-order valence-electron chi connectivity index (χ1n) is 6.00. The maximum atomic E-state index is 9.43. The number of aromatic nitrogens is 2. The van der Waals surface area contributed by atoms with Gasteiger partial charge in [0.15, 0.2) is 0 Å². The van der Waals surface area contributed by atoms with E-state index in [9.17, 15) is 5.11 Å². The normalized spacial score (nSPS) is 11.1. The molecule has 1 heterocycles. The molecule has 0 saturated carbocycles. The minimum atomic E-state index is 0.255. The van der Waals surface area contributed by atoms with Crippen LogP contribution < -0.4 is 5.32 Å². The Morgan fingerprint density at radius 1 is 1.33 bits per heavy atom. The molecule has 0 aliphatic rings. The molecule has 1 aromatic heterocycles. The van der Waals surface area contributed by atoms with E-state index in [1.165, 1.54) is 0 Å². The zero-order valence-electron chi connectivity index (χ0n) is 10.6. The van der Waals surface area contributed by atoms with Crippen molar-refractivity contribution in [1.29, 1.82) is 0 Å². The Bertz CT molecular complexity index is 510. The zero-order chi connectivity index (χ0) is 13.0. The lowest BCUT2D eigenvalue weighted by molar-refractivity contribution is 0.475. The lowest BCUT2D eigenvalue weighted by Gasteiger charge is -2.05. The van der Waals surface area contributed by atoms with E-state index in [0.717, 1.165) is 28.5 Å². The summed E-state index contributed by atoms with van der Waals surface area (Å²) in [6, 6.07) is 7.58. The third-order valence-corrected chi connectivity index (χ3v) is 3.48. The molecular formula is C13H17N3OS. The molecule has 1 aromatic carbocycles. The fourth-order valence-corrected chi connectivity index (χ4v) is 2.41. The molecule has 0 unspecified atom stereocenters. The Balaban J connectivity index is 2.02. The van der Waals surface area contributed by atoms with Crippen LogP contribution in [0, 0.1) is 0 Å². The number of nitrogens with zero attached hydrogens (tertiary/aromatic N) is 2. The van der Waals surface area contributed by atoms with Gasteiger partial charge >= 0.3 is 0 Å². The fraction of sp³-hybridized carbons (Fsp3) is 0.385. The number of phenols is 1. The Morgan fingerprint density at radius 2 is 2.17 bits per heavy atom. The highest BCUT2D eigenvalue weighted by atomic mass is 32.1. The molecule has 0 aliphatic heterocycles. The SMILES string of the molecule is CC(C)NCCc1nnc(-c2cccc(O)c2)s1. The van der Waals surface area contributed by atoms with E-state index in [0.29, 0.717) is 6.04 Å². The predicted octanol–water partition coefficient (Wildman–Crippen LogP) is 2.45. The summed E-state index contributed by atoms with van der Waals surface area (Å²) in [6.45, 7) is 5.16. The summed E-state index contributed by atoms with van der Waals surface area (Å²) in [6.07, 6.45) is 0.884. The molecule has 5 heteroatoms. The van der Waals surface area contributed by atoms with Gasteiger partial charge in [0.1, 0.15) is 15.8 Å². The van der Waals surface area contributed by atoms with Crippen LogP contribution in [0.5, 0.6) is 5.75 Å². The van der Waals surface area contributed by atoms with Crippen molar-refractivity contribution in [3.63, 3.8) is 0 Å². The van der Waals surface area contributed by atoms with E-state index >= 15 is 0 Å². The monoisotopic (exact) mass is 263 g/mol. The van der Waals surface area contributed by atoms with Gasteiger partial charge in [0.05, 0.1) is 0 Å². The number of nitrogens with one attached hydrogen (secondary N) is 1. The van der Waals surface area contributed by atoms with Crippen molar-refractivity contribution in [2.75, 3.05) is 6.54 Å². The van der Waals surface area contributed by atoms with Crippen LogP contribution in [0.25, 0.3) is 10.6 Å². The minimum absolute atomic E-state index is 0.255. The first-order chi connectivity index (χ1) is 8.65. The summed E-state index contributed by atoms with van der Waals surface area (Å²) in [5, 5.41) is 23.0. The summed E-state index contributed by atoms with van der Waals surface area (Å²) >= 11 is 1.57. The predicted molar refractivity (Wildman–Crippen MR) is 73.9 cm³/mol. The summed E-state index contributed by atoms with van der Waals surface area (Å²) < 4.78 is 0. The smallest absolute Gasteiger partial charge is 0.147 e. The number of phenolic OH excluding ortho intramolecular Hbond substituents is 1. The van der Waals surface area contributed by atoms with Gasteiger partial charge < -0.3 is 10.4 Å². The first kappa shape index (κ1) is 13.0. The van der Waals surface area contributed by atoms with Gasteiger partial charge in [0.25, 0.3) is 0 Å². The maximum Gasteiger partial charge on any atom is 0.147 e. The lowest BCUT2D eigenvalue weighted by Crippen LogP contribution is -2.24. The molecule has 2 aromatic rings. The summed E-state index contributed by atoms with van der Waals surface area (Å²) in [5.74, 6) is 0.255. The fourth-order valence-electron chi connectivity index (χ4n) is 1.58. The van der Waals surface area contributed by atoms with Crippen LogP contribution in [0.1, 0.15) is 18.9 Å². The third kappa shape index (κ3) is 3.51. The molecule has 0 saturated heterocycles. The average Bonchev–Trinajstić information content (AvgIpc) is 2.77. The number of hydrogen-bond donors (Lipinski definition) is 2. The molecule has 0 radical (unpaired) electrons. The molecule has 0 amide bonds. The molecule has 0 spiro atoms. The van der Waals surface area contributed by atoms with Crippen LogP contribution >= 0.6 is 11.3 Å². The Labute approximate surface area is 111 Å². The number of benzene rings is 1. The van der Waals surface area contributed by atoms with Gasteiger partial charge in [-0.2, -0.15) is 0 Å². The van der Waals surface area contributed by atoms with Crippen molar-refractivity contribution in [3.8, 4) is 16.3 Å². The van der Waals surface area contributed by atoms with Gasteiger partial charge in [-0.1, -0.05) is 37.3 Å². The quantitative estimate of drug-likeness (QED) is 0.870. The first-order valence-corrected chi connectivity index (χ1v) is 6.82. The van der Waals surface area contributed by atoms with Crippen molar-refractivity contribution in [1.82, 2.24) is 15.5 Å². The average molecular weight is 263 g/mol. The van der Waals surface area contributed by atoms with Gasteiger partial charge in [-0.3, -0.25) is 0 Å². The minimum Gasteiger partial charge on any atom is -0.508 e. The van der Waals surface area contributed by atoms with E-state index in [1.807, 2.05) is 12.1 Å². The zero-order valence-corrected chi connectivity index (χ0v) is 11.4. The summed E-state index contributed by atoms with van der Waals surface area (Å²) in [7, 11) is 0. The topological polar surface area (TPSA) is 58.0 Å². The molecule has 0 bridgehead atoms. The molecule has 0 fully saturated rings. The van der Waals surface area contributed by atoms with Crippen molar-refractivity contribution < 1.29 is 5.11 Å². The van der Waals surface area contributed by atoms with Gasteiger partial charge in [-0.15, -0.1) is 10.2 Å². The molecule has 4 nitrogen and oxygen atoms in total. The Hall–Kier alpha value is -1.46. The van der Waals surface area contributed by atoms with E-state index in [1.54, 1.807) is 23.5 Å². The van der Waals surface area contributed by atoms with Crippen LogP contribution in [0.3, 0.4) is 0 Å². The third-order valence-electron chi connectivity index (χ3n) is 2.45.